The van der Waals surface area contributed by atoms with Crippen LogP contribution in [0.1, 0.15) is 9.67 Å². The largest absolute Gasteiger partial charge is 0.365 e. The Balaban J connectivity index is 3.13. The third-order valence-corrected chi connectivity index (χ3v) is 3.54. The van der Waals surface area contributed by atoms with Gasteiger partial charge in [-0.2, -0.15) is 4.83 Å². The van der Waals surface area contributed by atoms with Crippen molar-refractivity contribution in [3.8, 4) is 0 Å². The van der Waals surface area contributed by atoms with Gasteiger partial charge in [-0.1, -0.05) is 0 Å². The Morgan fingerprint density at radius 3 is 2.54 bits per heavy atom. The Labute approximate surface area is 78.6 Å². The van der Waals surface area contributed by atoms with Gasteiger partial charge in [0, 0.05) is 5.38 Å². The molecule has 1 amide bonds. The molecule has 0 radical (unpaired) electrons. The molecule has 0 atom stereocenters. The number of rotatable bonds is 3. The van der Waals surface area contributed by atoms with Gasteiger partial charge in [0.2, 0.25) is 0 Å². The van der Waals surface area contributed by atoms with E-state index in [1.165, 1.54) is 11.4 Å². The molecule has 0 saturated heterocycles. The van der Waals surface area contributed by atoms with E-state index in [1.807, 2.05) is 0 Å². The minimum absolute atomic E-state index is 0.0613. The van der Waals surface area contributed by atoms with Crippen LogP contribution < -0.4 is 16.4 Å². The Hall–Kier alpha value is -0.960. The van der Waals surface area contributed by atoms with Crippen molar-refractivity contribution < 1.29 is 13.2 Å². The fourth-order valence-electron chi connectivity index (χ4n) is 0.657. The maximum absolute atomic E-state index is 11.1. The van der Waals surface area contributed by atoms with E-state index in [0.717, 1.165) is 11.3 Å². The molecule has 5 N–H and O–H groups in total. The number of amides is 1. The summed E-state index contributed by atoms with van der Waals surface area (Å²) in [5, 5.41) is 1.29. The minimum atomic E-state index is -3.68. The van der Waals surface area contributed by atoms with E-state index in [4.69, 9.17) is 11.6 Å². The lowest BCUT2D eigenvalue weighted by Gasteiger charge is -1.95. The number of primary amides is 1. The maximum atomic E-state index is 11.1. The number of carbonyl (C=O) groups excluding carboxylic acids is 1. The van der Waals surface area contributed by atoms with E-state index >= 15 is 0 Å². The first kappa shape index (κ1) is 10.1. The van der Waals surface area contributed by atoms with Crippen molar-refractivity contribution in [3.05, 3.63) is 16.3 Å². The van der Waals surface area contributed by atoms with Crippen molar-refractivity contribution >= 4 is 27.3 Å². The Kier molecular flexibility index (Phi) is 2.66. The topological polar surface area (TPSA) is 115 Å². The molecule has 0 saturated carbocycles. The molecule has 0 aromatic carbocycles. The molecule has 0 unspecified atom stereocenters. The van der Waals surface area contributed by atoms with E-state index in [2.05, 4.69) is 0 Å². The Morgan fingerprint density at radius 1 is 1.54 bits per heavy atom. The molecular formula is C5H7N3O3S2. The molecule has 1 aromatic heterocycles. The van der Waals surface area contributed by atoms with Crippen LogP contribution >= 0.6 is 11.3 Å². The Morgan fingerprint density at radius 2 is 2.15 bits per heavy atom. The first-order valence-corrected chi connectivity index (χ1v) is 5.44. The predicted octanol–water partition coefficient (Wildman–Crippen LogP) is -1.00. The summed E-state index contributed by atoms with van der Waals surface area (Å²) in [5.41, 5.74) is 4.94. The smallest absolute Gasteiger partial charge is 0.258 e. The number of carbonyl (C=O) groups is 1. The normalized spacial score (nSPS) is 11.5. The quantitative estimate of drug-likeness (QED) is 0.448. The van der Waals surface area contributed by atoms with Gasteiger partial charge < -0.3 is 5.73 Å². The summed E-state index contributed by atoms with van der Waals surface area (Å²) < 4.78 is 22.1. The van der Waals surface area contributed by atoms with Gasteiger partial charge in [-0.15, -0.1) is 11.3 Å². The van der Waals surface area contributed by atoms with Gasteiger partial charge in [0.15, 0.2) is 0 Å². The molecule has 8 heteroatoms. The number of sulfonamides is 1. The second kappa shape index (κ2) is 3.42. The van der Waals surface area contributed by atoms with Crippen LogP contribution in [-0.4, -0.2) is 14.3 Å². The van der Waals surface area contributed by atoms with Gasteiger partial charge in [-0.3, -0.25) is 10.6 Å². The molecule has 0 bridgehead atoms. The van der Waals surface area contributed by atoms with Crippen molar-refractivity contribution in [2.24, 2.45) is 11.6 Å². The third kappa shape index (κ3) is 2.04. The number of thiophene rings is 1. The zero-order valence-electron chi connectivity index (χ0n) is 6.35. The molecule has 6 nitrogen and oxygen atoms in total. The highest BCUT2D eigenvalue weighted by molar-refractivity contribution is 7.89. The molecule has 1 heterocycles. The van der Waals surface area contributed by atoms with Gasteiger partial charge in [-0.25, -0.2) is 8.42 Å². The highest BCUT2D eigenvalue weighted by Gasteiger charge is 2.15. The lowest BCUT2D eigenvalue weighted by atomic mass is 10.5. The molecular weight excluding hydrogens is 214 g/mol. The molecule has 72 valence electrons. The van der Waals surface area contributed by atoms with E-state index in [1.54, 1.807) is 4.83 Å². The highest BCUT2D eigenvalue weighted by Crippen LogP contribution is 2.17. The van der Waals surface area contributed by atoms with Gasteiger partial charge in [0.25, 0.3) is 15.9 Å². The summed E-state index contributed by atoms with van der Waals surface area (Å²) in [7, 11) is -3.68. The lowest BCUT2D eigenvalue weighted by molar-refractivity contribution is 0.100. The minimum Gasteiger partial charge on any atom is -0.365 e. The van der Waals surface area contributed by atoms with Crippen molar-refractivity contribution in [1.29, 1.82) is 0 Å². The predicted molar refractivity (Wildman–Crippen MR) is 47.3 cm³/mol. The van der Waals surface area contributed by atoms with Crippen LogP contribution in [0.5, 0.6) is 0 Å². The average molecular weight is 221 g/mol. The SMILES string of the molecule is NNS(=O)(=O)c1csc(C(N)=O)c1. The van der Waals surface area contributed by atoms with E-state index in [0.29, 0.717) is 0 Å². The molecule has 13 heavy (non-hydrogen) atoms. The van der Waals surface area contributed by atoms with Gasteiger partial charge in [0.1, 0.15) is 0 Å². The number of nitrogens with one attached hydrogen (secondary N) is 1. The molecule has 0 spiro atoms. The summed E-state index contributed by atoms with van der Waals surface area (Å²) in [6.07, 6.45) is 0. The summed E-state index contributed by atoms with van der Waals surface area (Å²) in [5.74, 6) is 4.11. The average Bonchev–Trinajstić information content (AvgIpc) is 2.52. The summed E-state index contributed by atoms with van der Waals surface area (Å²) in [4.78, 5) is 12.4. The monoisotopic (exact) mass is 221 g/mol. The summed E-state index contributed by atoms with van der Waals surface area (Å²) >= 11 is 0.951. The fourth-order valence-corrected chi connectivity index (χ4v) is 2.41. The van der Waals surface area contributed by atoms with Crippen LogP contribution in [0.3, 0.4) is 0 Å². The summed E-state index contributed by atoms with van der Waals surface area (Å²) in [6.45, 7) is 0. The van der Waals surface area contributed by atoms with E-state index in [9.17, 15) is 13.2 Å². The summed E-state index contributed by atoms with van der Waals surface area (Å²) in [6, 6.07) is 1.17. The highest BCUT2D eigenvalue weighted by atomic mass is 32.2. The van der Waals surface area contributed by atoms with Crippen LogP contribution in [0, 0.1) is 0 Å². The standard InChI is InChI=1S/C5H7N3O3S2/c6-5(9)4-1-3(2-12-4)13(10,11)8-7/h1-2,8H,7H2,(H2,6,9). The third-order valence-electron chi connectivity index (χ3n) is 1.28. The van der Waals surface area contributed by atoms with Crippen LogP contribution in [0.15, 0.2) is 16.3 Å². The molecule has 0 aliphatic heterocycles. The first-order valence-electron chi connectivity index (χ1n) is 3.08. The number of nitrogens with two attached hydrogens (primary N) is 2. The van der Waals surface area contributed by atoms with Gasteiger partial charge in [0.05, 0.1) is 9.77 Å². The van der Waals surface area contributed by atoms with Crippen LogP contribution in [0.4, 0.5) is 0 Å². The fraction of sp³-hybridized carbons (Fsp3) is 0. The molecule has 0 aliphatic rings. The van der Waals surface area contributed by atoms with Crippen molar-refractivity contribution in [2.75, 3.05) is 0 Å². The molecule has 0 fully saturated rings. The van der Waals surface area contributed by atoms with Crippen LogP contribution in [0.2, 0.25) is 0 Å². The first-order chi connectivity index (χ1) is 5.97. The zero-order valence-corrected chi connectivity index (χ0v) is 7.98. The van der Waals surface area contributed by atoms with Gasteiger partial charge in [-0.05, 0) is 6.07 Å². The van der Waals surface area contributed by atoms with Crippen molar-refractivity contribution in [3.63, 3.8) is 0 Å². The van der Waals surface area contributed by atoms with E-state index < -0.39 is 15.9 Å². The number of hydrogen-bond donors (Lipinski definition) is 3. The van der Waals surface area contributed by atoms with Crippen molar-refractivity contribution in [1.82, 2.24) is 4.83 Å². The van der Waals surface area contributed by atoms with E-state index in [-0.39, 0.29) is 9.77 Å². The van der Waals surface area contributed by atoms with Gasteiger partial charge >= 0.3 is 0 Å². The molecule has 1 aromatic rings. The number of hydrogen-bond acceptors (Lipinski definition) is 5. The number of hydrazine groups is 1. The zero-order chi connectivity index (χ0) is 10.1. The second-order valence-electron chi connectivity index (χ2n) is 2.13. The van der Waals surface area contributed by atoms with Crippen molar-refractivity contribution in [2.45, 2.75) is 4.90 Å². The lowest BCUT2D eigenvalue weighted by Crippen LogP contribution is -2.29. The van der Waals surface area contributed by atoms with Crippen LogP contribution in [0.25, 0.3) is 0 Å². The van der Waals surface area contributed by atoms with Crippen LogP contribution in [-0.2, 0) is 10.0 Å². The maximum Gasteiger partial charge on any atom is 0.258 e. The molecule has 0 aliphatic carbocycles. The molecule has 1 rings (SSSR count). The second-order valence-corrected chi connectivity index (χ2v) is 4.76. The Bertz CT molecular complexity index is 422.